The SMILES string of the molecule is [B]1C2[B]C1[B]2. The Morgan fingerprint density at radius 3 is 1.00 bits per heavy atom. The van der Waals surface area contributed by atoms with Crippen LogP contribution in [0.15, 0.2) is 0 Å². The Kier molecular flexibility index (Phi) is 0.241. The lowest BCUT2D eigenvalue weighted by molar-refractivity contribution is 1.34. The molecule has 5 heavy (non-hydrogen) atoms. The van der Waals surface area contributed by atoms with Gasteiger partial charge in [0.15, 0.2) is 0 Å². The fourth-order valence-corrected chi connectivity index (χ4v) is 0.718. The summed E-state index contributed by atoms with van der Waals surface area (Å²) < 4.78 is 0. The molecule has 2 bridgehead atoms. The average molecular weight is 58.5 g/mol. The minimum Gasteiger partial charge on any atom is -0.124 e. The summed E-state index contributed by atoms with van der Waals surface area (Å²) in [6.45, 7) is 0. The Bertz CT molecular complexity index is 41.6. The molecule has 0 saturated carbocycles. The maximum absolute atomic E-state index is 2.33. The Balaban J connectivity index is 2.19. The molecular weight excluding hydrogens is 56.5 g/mol. The van der Waals surface area contributed by atoms with E-state index in [1.165, 1.54) is 0 Å². The maximum Gasteiger partial charge on any atom is 0.0810 e. The molecule has 0 spiro atoms. The van der Waals surface area contributed by atoms with E-state index in [9.17, 15) is 0 Å². The standard InChI is InChI=1S/C2H2B3/c3-1-4-2(3)5-1/h1-2H. The largest absolute Gasteiger partial charge is 0.124 e. The topological polar surface area (TPSA) is 0 Å². The van der Waals surface area contributed by atoms with E-state index < -0.39 is 0 Å². The second-order valence-electron chi connectivity index (χ2n) is 1.73. The van der Waals surface area contributed by atoms with Crippen molar-refractivity contribution in [3.63, 3.8) is 0 Å². The Hall–Kier alpha value is 0.195. The van der Waals surface area contributed by atoms with Crippen LogP contribution in [0.1, 0.15) is 0 Å². The van der Waals surface area contributed by atoms with E-state index in [2.05, 4.69) is 21.8 Å². The molecule has 19 valence electrons. The first-order chi connectivity index (χ1) is 2.45. The molecule has 0 N–H and O–H groups in total. The van der Waals surface area contributed by atoms with Gasteiger partial charge < -0.3 is 0 Å². The molecule has 0 unspecified atom stereocenters. The average Bonchev–Trinajstić information content (AvgIpc) is 0.592. The molecule has 3 saturated heterocycles. The molecule has 0 aromatic carbocycles. The zero-order valence-corrected chi connectivity index (χ0v) is 2.89. The van der Waals surface area contributed by atoms with E-state index in [1.807, 2.05) is 0 Å². The van der Waals surface area contributed by atoms with Crippen molar-refractivity contribution in [3.05, 3.63) is 0 Å². The molecule has 3 aliphatic rings. The van der Waals surface area contributed by atoms with Gasteiger partial charge in [-0.2, -0.15) is 0 Å². The van der Waals surface area contributed by atoms with Crippen molar-refractivity contribution in [2.75, 3.05) is 0 Å². The predicted octanol–water partition coefficient (Wildman–Crippen LogP) is -0.467. The van der Waals surface area contributed by atoms with Crippen molar-refractivity contribution in [3.8, 4) is 0 Å². The van der Waals surface area contributed by atoms with Crippen molar-refractivity contribution in [1.82, 2.24) is 0 Å². The highest BCUT2D eigenvalue weighted by molar-refractivity contribution is 7.11. The summed E-state index contributed by atoms with van der Waals surface area (Å²) in [4.78, 5) is 0. The van der Waals surface area contributed by atoms with Crippen LogP contribution in [0.25, 0.3) is 0 Å². The van der Waals surface area contributed by atoms with Gasteiger partial charge in [0.1, 0.15) is 0 Å². The van der Waals surface area contributed by atoms with E-state index in [4.69, 9.17) is 0 Å². The van der Waals surface area contributed by atoms with Crippen molar-refractivity contribution in [1.29, 1.82) is 0 Å². The van der Waals surface area contributed by atoms with Gasteiger partial charge in [-0.1, -0.05) is 0 Å². The van der Waals surface area contributed by atoms with Crippen LogP contribution in [0, 0.1) is 0 Å². The predicted molar refractivity (Wildman–Crippen MR) is 24.8 cm³/mol. The molecule has 3 heteroatoms. The van der Waals surface area contributed by atoms with Crippen molar-refractivity contribution in [2.24, 2.45) is 0 Å². The Labute approximate surface area is 34.1 Å². The highest BCUT2D eigenvalue weighted by Gasteiger charge is 2.43. The molecule has 0 aromatic heterocycles. The molecule has 0 nitrogen and oxygen atoms in total. The highest BCUT2D eigenvalue weighted by Crippen LogP contribution is 2.39. The van der Waals surface area contributed by atoms with Gasteiger partial charge >= 0.3 is 0 Å². The minimum atomic E-state index is 0.833. The van der Waals surface area contributed by atoms with E-state index in [1.54, 1.807) is 0 Å². The smallest absolute Gasteiger partial charge is 0.0810 e. The van der Waals surface area contributed by atoms with Crippen LogP contribution in [0.2, 0.25) is 11.2 Å². The van der Waals surface area contributed by atoms with Crippen molar-refractivity contribution >= 4 is 21.8 Å². The highest BCUT2D eigenvalue weighted by atomic mass is 13.9. The zero-order valence-electron chi connectivity index (χ0n) is 2.89. The molecule has 3 radical (unpaired) electrons. The van der Waals surface area contributed by atoms with Gasteiger partial charge in [0.2, 0.25) is 0 Å². The third-order valence-corrected chi connectivity index (χ3v) is 1.33. The second kappa shape index (κ2) is 0.506. The van der Waals surface area contributed by atoms with Crippen LogP contribution in [-0.2, 0) is 0 Å². The lowest BCUT2D eigenvalue weighted by Crippen LogP contribution is -2.55. The fourth-order valence-electron chi connectivity index (χ4n) is 0.718. The van der Waals surface area contributed by atoms with Gasteiger partial charge in [0.25, 0.3) is 0 Å². The minimum absolute atomic E-state index is 0.833. The normalized spacial score (nSPS) is 52.8. The van der Waals surface area contributed by atoms with E-state index >= 15 is 0 Å². The summed E-state index contributed by atoms with van der Waals surface area (Å²) in [5, 5.41) is 0. The first-order valence-corrected chi connectivity index (χ1v) is 2.00. The van der Waals surface area contributed by atoms with Crippen LogP contribution >= 0.6 is 0 Å². The summed E-state index contributed by atoms with van der Waals surface area (Å²) >= 11 is 0. The lowest BCUT2D eigenvalue weighted by atomic mass is 8.89. The second-order valence-corrected chi connectivity index (χ2v) is 1.73. The molecule has 3 heterocycles. The molecule has 0 aliphatic carbocycles. The van der Waals surface area contributed by atoms with Gasteiger partial charge in [-0.15, -0.1) is 11.2 Å². The monoisotopic (exact) mass is 59.0 g/mol. The van der Waals surface area contributed by atoms with Gasteiger partial charge in [0, 0.05) is 0 Å². The molecular formula is C2H2B3. The Morgan fingerprint density at radius 2 is 1.00 bits per heavy atom. The van der Waals surface area contributed by atoms with E-state index in [0.717, 1.165) is 11.2 Å². The molecule has 3 aliphatic heterocycles. The number of hydrogen-bond acceptors (Lipinski definition) is 0. The lowest BCUT2D eigenvalue weighted by Gasteiger charge is -2.47. The van der Waals surface area contributed by atoms with Crippen LogP contribution in [0.5, 0.6) is 0 Å². The Morgan fingerprint density at radius 1 is 0.800 bits per heavy atom. The third kappa shape index (κ3) is 0.136. The molecule has 3 rings (SSSR count). The first-order valence-electron chi connectivity index (χ1n) is 2.00. The van der Waals surface area contributed by atoms with Gasteiger partial charge in [-0.05, 0) is 0 Å². The maximum atomic E-state index is 2.33. The molecule has 3 fully saturated rings. The zero-order chi connectivity index (χ0) is 3.28. The van der Waals surface area contributed by atoms with Crippen molar-refractivity contribution < 1.29 is 0 Å². The quantitative estimate of drug-likeness (QED) is 0.331. The van der Waals surface area contributed by atoms with E-state index in [-0.39, 0.29) is 0 Å². The summed E-state index contributed by atoms with van der Waals surface area (Å²) in [5.41, 5.74) is 1.67. The fraction of sp³-hybridized carbons (Fsp3) is 1.00. The summed E-state index contributed by atoms with van der Waals surface area (Å²) in [6.07, 6.45) is 0. The van der Waals surface area contributed by atoms with Crippen molar-refractivity contribution in [2.45, 2.75) is 11.2 Å². The van der Waals surface area contributed by atoms with Crippen LogP contribution in [0.4, 0.5) is 0 Å². The van der Waals surface area contributed by atoms with Gasteiger partial charge in [-0.25, -0.2) is 0 Å². The number of hydrogen-bond donors (Lipinski definition) is 0. The first kappa shape index (κ1) is 2.38. The van der Waals surface area contributed by atoms with Crippen LogP contribution < -0.4 is 0 Å². The molecule has 0 amide bonds. The number of rotatable bonds is 0. The summed E-state index contributed by atoms with van der Waals surface area (Å²) in [5.74, 6) is 0. The van der Waals surface area contributed by atoms with Crippen LogP contribution in [-0.4, -0.2) is 21.8 Å². The van der Waals surface area contributed by atoms with Gasteiger partial charge in [0.05, 0.1) is 21.8 Å². The molecule has 0 atom stereocenters. The van der Waals surface area contributed by atoms with E-state index in [0.29, 0.717) is 0 Å². The van der Waals surface area contributed by atoms with Gasteiger partial charge in [-0.3, -0.25) is 0 Å². The summed E-state index contributed by atoms with van der Waals surface area (Å²) in [7, 11) is 7.00. The molecule has 0 aromatic rings. The van der Waals surface area contributed by atoms with Crippen LogP contribution in [0.3, 0.4) is 0 Å². The summed E-state index contributed by atoms with van der Waals surface area (Å²) in [6, 6.07) is 0. The third-order valence-electron chi connectivity index (χ3n) is 1.33.